The molecule has 0 saturated carbocycles. The van der Waals surface area contributed by atoms with Crippen LogP contribution in [0, 0.1) is 0 Å². The molecule has 0 aromatic heterocycles. The number of hydrogen-bond donors (Lipinski definition) is 1. The van der Waals surface area contributed by atoms with Crippen LogP contribution in [0.1, 0.15) is 10.4 Å². The van der Waals surface area contributed by atoms with Gasteiger partial charge in [-0.1, -0.05) is 78.9 Å². The van der Waals surface area contributed by atoms with Crippen LogP contribution < -0.4 is 0 Å². The van der Waals surface area contributed by atoms with Gasteiger partial charge in [0.1, 0.15) is 0 Å². The maximum Gasteiger partial charge on any atom is 0.335 e. The Morgan fingerprint density at radius 1 is 0.571 bits per heavy atom. The van der Waals surface area contributed by atoms with Gasteiger partial charge in [0.2, 0.25) is 0 Å². The highest BCUT2D eigenvalue weighted by atomic mass is 16.4. The molecule has 0 aliphatic rings. The molecule has 2 heteroatoms. The molecule has 0 unspecified atom stereocenters. The lowest BCUT2D eigenvalue weighted by atomic mass is 10.1. The average molecular weight is 276 g/mol. The van der Waals surface area contributed by atoms with Gasteiger partial charge in [0.25, 0.3) is 0 Å². The van der Waals surface area contributed by atoms with Gasteiger partial charge in [-0.25, -0.2) is 4.79 Å². The molecule has 0 aliphatic heterocycles. The average Bonchev–Trinajstić information content (AvgIpc) is 2.58. The van der Waals surface area contributed by atoms with Gasteiger partial charge >= 0.3 is 5.97 Å². The molecule has 3 rings (SSSR count). The van der Waals surface area contributed by atoms with Crippen molar-refractivity contribution in [2.75, 3.05) is 0 Å². The Labute approximate surface area is 124 Å². The summed E-state index contributed by atoms with van der Waals surface area (Å²) in [5.41, 5.74) is 2.88. The van der Waals surface area contributed by atoms with Crippen LogP contribution in [0.3, 0.4) is 0 Å². The first-order valence-corrected chi connectivity index (χ1v) is 6.66. The minimum absolute atomic E-state index is 0.331. The minimum atomic E-state index is -0.879. The largest absolute Gasteiger partial charge is 0.478 e. The van der Waals surface area contributed by atoms with Crippen molar-refractivity contribution >= 4 is 5.97 Å². The second-order valence-electron chi connectivity index (χ2n) is 4.40. The molecular formula is C19H16O2. The normalized spacial score (nSPS) is 9.33. The molecule has 0 saturated heterocycles. The molecule has 3 aromatic carbocycles. The molecular weight excluding hydrogens is 260 g/mol. The van der Waals surface area contributed by atoms with Crippen molar-refractivity contribution in [1.82, 2.24) is 0 Å². The smallest absolute Gasteiger partial charge is 0.335 e. The monoisotopic (exact) mass is 276 g/mol. The van der Waals surface area contributed by atoms with Crippen molar-refractivity contribution in [3.05, 3.63) is 96.6 Å². The predicted molar refractivity (Wildman–Crippen MR) is 85.3 cm³/mol. The third-order valence-corrected chi connectivity index (χ3v) is 2.90. The lowest BCUT2D eigenvalue weighted by molar-refractivity contribution is 0.0697. The summed E-state index contributed by atoms with van der Waals surface area (Å²) in [5.74, 6) is -0.879. The number of aromatic carboxylic acids is 1. The van der Waals surface area contributed by atoms with Gasteiger partial charge in [-0.15, -0.1) is 0 Å². The summed E-state index contributed by atoms with van der Waals surface area (Å²) in [4.78, 5) is 10.2. The number of hydrogen-bond acceptors (Lipinski definition) is 1. The van der Waals surface area contributed by atoms with Crippen molar-refractivity contribution in [2.45, 2.75) is 0 Å². The number of carbonyl (C=O) groups is 1. The lowest BCUT2D eigenvalue weighted by Crippen LogP contribution is -1.93. The fourth-order valence-electron chi connectivity index (χ4n) is 1.84. The Bertz CT molecular complexity index is 624. The van der Waals surface area contributed by atoms with Gasteiger partial charge in [0.15, 0.2) is 0 Å². The second-order valence-corrected chi connectivity index (χ2v) is 4.40. The van der Waals surface area contributed by atoms with Crippen molar-refractivity contribution in [3.8, 4) is 11.1 Å². The van der Waals surface area contributed by atoms with Gasteiger partial charge in [-0.2, -0.15) is 0 Å². The fraction of sp³-hybridized carbons (Fsp3) is 0. The Balaban J connectivity index is 0.000000161. The van der Waals surface area contributed by atoms with Crippen LogP contribution in [-0.4, -0.2) is 11.1 Å². The number of carboxylic acids is 1. The standard InChI is InChI=1S/C12H10.C7H6O2/c1-3-7-11(8-4-1)12-9-5-2-6-10-12;8-7(9)6-4-2-1-3-5-6/h1-10H;1-5H,(H,8,9). The highest BCUT2D eigenvalue weighted by molar-refractivity contribution is 5.87. The number of carboxylic acid groups (broad SMARTS) is 1. The zero-order valence-electron chi connectivity index (χ0n) is 11.5. The van der Waals surface area contributed by atoms with E-state index < -0.39 is 5.97 Å². The first kappa shape index (κ1) is 14.5. The summed E-state index contributed by atoms with van der Waals surface area (Å²) in [6, 6.07) is 29.1. The molecule has 0 amide bonds. The fourth-order valence-corrected chi connectivity index (χ4v) is 1.84. The van der Waals surface area contributed by atoms with E-state index in [4.69, 9.17) is 5.11 Å². The highest BCUT2D eigenvalue weighted by Crippen LogP contribution is 2.17. The summed E-state index contributed by atoms with van der Waals surface area (Å²) in [6.45, 7) is 0. The maximum absolute atomic E-state index is 10.2. The van der Waals surface area contributed by atoms with Crippen molar-refractivity contribution in [1.29, 1.82) is 0 Å². The predicted octanol–water partition coefficient (Wildman–Crippen LogP) is 4.74. The van der Waals surface area contributed by atoms with Crippen LogP contribution in [0.5, 0.6) is 0 Å². The van der Waals surface area contributed by atoms with E-state index >= 15 is 0 Å². The van der Waals surface area contributed by atoms with Crippen LogP contribution in [-0.2, 0) is 0 Å². The van der Waals surface area contributed by atoms with E-state index in [1.807, 2.05) is 12.1 Å². The number of rotatable bonds is 2. The maximum atomic E-state index is 10.2. The zero-order valence-corrected chi connectivity index (χ0v) is 11.5. The van der Waals surface area contributed by atoms with Gasteiger partial charge < -0.3 is 5.11 Å². The van der Waals surface area contributed by atoms with Crippen LogP contribution in [0.25, 0.3) is 11.1 Å². The minimum Gasteiger partial charge on any atom is -0.478 e. The summed E-state index contributed by atoms with van der Waals surface area (Å²) in [6.07, 6.45) is 0. The quantitative estimate of drug-likeness (QED) is 0.734. The third-order valence-electron chi connectivity index (χ3n) is 2.90. The summed E-state index contributed by atoms with van der Waals surface area (Å²) in [7, 11) is 0. The Hall–Kier alpha value is -2.87. The number of benzene rings is 3. The molecule has 0 bridgehead atoms. The van der Waals surface area contributed by atoms with Gasteiger partial charge in [0, 0.05) is 0 Å². The molecule has 21 heavy (non-hydrogen) atoms. The van der Waals surface area contributed by atoms with E-state index in [0.717, 1.165) is 0 Å². The molecule has 2 nitrogen and oxygen atoms in total. The lowest BCUT2D eigenvalue weighted by Gasteiger charge is -1.98. The van der Waals surface area contributed by atoms with Crippen molar-refractivity contribution in [2.24, 2.45) is 0 Å². The molecule has 0 fully saturated rings. The molecule has 0 radical (unpaired) electrons. The topological polar surface area (TPSA) is 37.3 Å². The zero-order chi connectivity index (χ0) is 14.9. The van der Waals surface area contributed by atoms with E-state index in [9.17, 15) is 4.79 Å². The molecule has 0 atom stereocenters. The first-order chi connectivity index (χ1) is 10.3. The van der Waals surface area contributed by atoms with Gasteiger partial charge in [-0.3, -0.25) is 0 Å². The van der Waals surface area contributed by atoms with E-state index in [1.54, 1.807) is 30.3 Å². The highest BCUT2D eigenvalue weighted by Gasteiger charge is 1.96. The van der Waals surface area contributed by atoms with E-state index in [1.165, 1.54) is 11.1 Å². The Kier molecular flexibility index (Phi) is 5.30. The van der Waals surface area contributed by atoms with Crippen molar-refractivity contribution in [3.63, 3.8) is 0 Å². The molecule has 0 aliphatic carbocycles. The van der Waals surface area contributed by atoms with Crippen LogP contribution in [0.4, 0.5) is 0 Å². The molecule has 0 spiro atoms. The van der Waals surface area contributed by atoms with Crippen molar-refractivity contribution < 1.29 is 9.90 Å². The molecule has 1 N–H and O–H groups in total. The van der Waals surface area contributed by atoms with Crippen LogP contribution in [0.2, 0.25) is 0 Å². The summed E-state index contributed by atoms with van der Waals surface area (Å²) < 4.78 is 0. The van der Waals surface area contributed by atoms with E-state index in [2.05, 4.69) is 48.5 Å². The summed E-state index contributed by atoms with van der Waals surface area (Å²) in [5, 5.41) is 8.38. The summed E-state index contributed by atoms with van der Waals surface area (Å²) >= 11 is 0. The first-order valence-electron chi connectivity index (χ1n) is 6.66. The second kappa shape index (κ2) is 7.65. The molecule has 104 valence electrons. The Morgan fingerprint density at radius 3 is 1.19 bits per heavy atom. The third kappa shape index (κ3) is 4.62. The van der Waals surface area contributed by atoms with Gasteiger partial charge in [0.05, 0.1) is 5.56 Å². The SMILES string of the molecule is O=C(O)c1ccccc1.c1ccc(-c2ccccc2)cc1. The van der Waals surface area contributed by atoms with Crippen LogP contribution in [0.15, 0.2) is 91.0 Å². The van der Waals surface area contributed by atoms with Gasteiger partial charge in [-0.05, 0) is 23.3 Å². The molecule has 3 aromatic rings. The Morgan fingerprint density at radius 2 is 0.905 bits per heavy atom. The van der Waals surface area contributed by atoms with E-state index in [-0.39, 0.29) is 0 Å². The van der Waals surface area contributed by atoms with Crippen LogP contribution >= 0.6 is 0 Å². The van der Waals surface area contributed by atoms with E-state index in [0.29, 0.717) is 5.56 Å². The molecule has 0 heterocycles.